The Kier molecular flexibility index (Phi) is 4.56. The summed E-state index contributed by atoms with van der Waals surface area (Å²) in [6.45, 7) is 1.43. The average molecular weight is 320 g/mol. The molecule has 1 aromatic rings. The van der Waals surface area contributed by atoms with Crippen LogP contribution in [0.25, 0.3) is 0 Å². The van der Waals surface area contributed by atoms with Crippen molar-refractivity contribution in [2.75, 3.05) is 12.8 Å². The molecule has 1 fully saturated rings. The first-order valence-electron chi connectivity index (χ1n) is 6.56. The Balaban J connectivity index is 2.22. The molecular weight excluding hydrogens is 304 g/mol. The predicted molar refractivity (Wildman–Crippen MR) is 82.9 cm³/mol. The van der Waals surface area contributed by atoms with Crippen molar-refractivity contribution in [2.45, 2.75) is 12.5 Å². The highest BCUT2D eigenvalue weighted by molar-refractivity contribution is 8.04. The van der Waals surface area contributed by atoms with E-state index in [9.17, 15) is 19.5 Å². The van der Waals surface area contributed by atoms with Crippen LogP contribution in [0.5, 0.6) is 0 Å². The third-order valence-corrected chi connectivity index (χ3v) is 4.53. The fourth-order valence-corrected chi connectivity index (χ4v) is 2.96. The van der Waals surface area contributed by atoms with E-state index in [1.165, 1.54) is 29.7 Å². The lowest BCUT2D eigenvalue weighted by Crippen LogP contribution is -2.49. The molecule has 0 aromatic heterocycles. The molecule has 1 heterocycles. The summed E-state index contributed by atoms with van der Waals surface area (Å²) >= 11 is 1.25. The maximum absolute atomic E-state index is 12.1. The minimum atomic E-state index is -1.54. The number of benzene rings is 1. The van der Waals surface area contributed by atoms with Crippen LogP contribution in [0.3, 0.4) is 0 Å². The molecule has 1 aliphatic rings. The number of amides is 2. The third-order valence-electron chi connectivity index (χ3n) is 3.45. The summed E-state index contributed by atoms with van der Waals surface area (Å²) in [5.74, 6) is -1.52. The van der Waals surface area contributed by atoms with Crippen LogP contribution in [-0.2, 0) is 19.9 Å². The molecule has 0 saturated carbocycles. The maximum atomic E-state index is 12.1. The largest absolute Gasteiger partial charge is 0.479 e. The summed E-state index contributed by atoms with van der Waals surface area (Å²) in [7, 11) is 1.58. The van der Waals surface area contributed by atoms with Gasteiger partial charge in [-0.25, -0.2) is 4.79 Å². The van der Waals surface area contributed by atoms with E-state index >= 15 is 0 Å². The quantitative estimate of drug-likeness (QED) is 0.813. The molecule has 0 aliphatic carbocycles. The molecule has 2 rings (SSSR count). The minimum Gasteiger partial charge on any atom is -0.479 e. The van der Waals surface area contributed by atoms with Crippen molar-refractivity contribution >= 4 is 29.5 Å². The lowest BCUT2D eigenvalue weighted by molar-refractivity contribution is -0.146. The van der Waals surface area contributed by atoms with E-state index < -0.39 is 17.4 Å². The van der Waals surface area contributed by atoms with Crippen molar-refractivity contribution in [1.29, 1.82) is 0 Å². The molecular formula is C15H16N2O4S. The van der Waals surface area contributed by atoms with Crippen LogP contribution >= 0.6 is 11.8 Å². The average Bonchev–Trinajstić information content (AvgIpc) is 2.79. The summed E-state index contributed by atoms with van der Waals surface area (Å²) in [4.78, 5) is 36.5. The third kappa shape index (κ3) is 3.14. The molecule has 1 saturated heterocycles. The summed E-state index contributed by atoms with van der Waals surface area (Å²) in [5.41, 5.74) is -1.07. The Labute approximate surface area is 132 Å². The Hall–Kier alpha value is -2.28. The minimum absolute atomic E-state index is 0.0897. The molecule has 2 amide bonds. The molecule has 1 unspecified atom stereocenters. The van der Waals surface area contributed by atoms with Gasteiger partial charge in [-0.15, -0.1) is 0 Å². The van der Waals surface area contributed by atoms with Crippen LogP contribution in [-0.4, -0.2) is 40.6 Å². The van der Waals surface area contributed by atoms with Crippen molar-refractivity contribution in [2.24, 2.45) is 0 Å². The van der Waals surface area contributed by atoms with Crippen molar-refractivity contribution in [3.63, 3.8) is 0 Å². The molecule has 0 spiro atoms. The lowest BCUT2D eigenvalue weighted by Gasteiger charge is -2.26. The Morgan fingerprint density at radius 3 is 2.50 bits per heavy atom. The molecule has 6 nitrogen and oxygen atoms in total. The van der Waals surface area contributed by atoms with Crippen LogP contribution in [0.1, 0.15) is 12.5 Å². The molecule has 1 aromatic carbocycles. The smallest absolute Gasteiger partial charge is 0.333 e. The second kappa shape index (κ2) is 6.23. The summed E-state index contributed by atoms with van der Waals surface area (Å²) in [6, 6.07) is 8.47. The normalized spacial score (nSPS) is 19.1. The van der Waals surface area contributed by atoms with Crippen molar-refractivity contribution < 1.29 is 19.5 Å². The monoisotopic (exact) mass is 320 g/mol. The van der Waals surface area contributed by atoms with E-state index in [1.54, 1.807) is 37.4 Å². The molecule has 2 N–H and O–H groups in total. The first-order chi connectivity index (χ1) is 10.3. The van der Waals surface area contributed by atoms with Crippen LogP contribution in [0.2, 0.25) is 0 Å². The number of aliphatic carboxylic acids is 1. The standard InChI is InChI=1S/C15H16N2O4S/c1-15(14(20)21,10-6-4-3-5-7-10)16-11(18)8-13-17(2)12(19)9-22-13/h3-8H,9H2,1-2H3,(H,16,18)(H,20,21)/b13-8-. The van der Waals surface area contributed by atoms with Crippen LogP contribution < -0.4 is 5.32 Å². The number of carbonyl (C=O) groups is 3. The lowest BCUT2D eigenvalue weighted by atomic mass is 9.92. The predicted octanol–water partition coefficient (Wildman–Crippen LogP) is 1.15. The molecule has 22 heavy (non-hydrogen) atoms. The highest BCUT2D eigenvalue weighted by Gasteiger charge is 2.36. The number of nitrogens with one attached hydrogen (secondary N) is 1. The Bertz CT molecular complexity index is 644. The van der Waals surface area contributed by atoms with Crippen molar-refractivity contribution in [3.05, 3.63) is 47.0 Å². The fourth-order valence-electron chi connectivity index (χ4n) is 2.01. The highest BCUT2D eigenvalue weighted by atomic mass is 32.2. The van der Waals surface area contributed by atoms with Gasteiger partial charge in [0.15, 0.2) is 5.54 Å². The first-order valence-corrected chi connectivity index (χ1v) is 7.55. The maximum Gasteiger partial charge on any atom is 0.333 e. The van der Waals surface area contributed by atoms with Gasteiger partial charge in [-0.2, -0.15) is 0 Å². The number of carboxylic acid groups (broad SMARTS) is 1. The van der Waals surface area contributed by atoms with Crippen LogP contribution in [0.4, 0.5) is 0 Å². The Morgan fingerprint density at radius 2 is 2.00 bits per heavy atom. The van der Waals surface area contributed by atoms with E-state index in [0.717, 1.165) is 0 Å². The second-order valence-corrected chi connectivity index (χ2v) is 6.01. The highest BCUT2D eigenvalue weighted by Crippen LogP contribution is 2.27. The van der Waals surface area contributed by atoms with Gasteiger partial charge in [0.05, 0.1) is 10.8 Å². The van der Waals surface area contributed by atoms with E-state index in [-0.39, 0.29) is 11.7 Å². The zero-order valence-electron chi connectivity index (χ0n) is 12.2. The fraction of sp³-hybridized carbons (Fsp3) is 0.267. The number of nitrogens with zero attached hydrogens (tertiary/aromatic N) is 1. The van der Waals surface area contributed by atoms with Gasteiger partial charge in [0, 0.05) is 13.1 Å². The van der Waals surface area contributed by atoms with Gasteiger partial charge in [0.1, 0.15) is 0 Å². The summed E-state index contributed by atoms with van der Waals surface area (Å²) < 4.78 is 0. The molecule has 7 heteroatoms. The number of rotatable bonds is 4. The number of hydrogen-bond donors (Lipinski definition) is 2. The SMILES string of the molecule is CN1C(=O)CS/C1=C\C(=O)NC(C)(C(=O)O)c1ccccc1. The van der Waals surface area contributed by atoms with Gasteiger partial charge >= 0.3 is 5.97 Å². The number of thioether (sulfide) groups is 1. The number of carboxylic acids is 1. The van der Waals surface area contributed by atoms with Gasteiger partial charge in [-0.05, 0) is 12.5 Å². The van der Waals surface area contributed by atoms with Crippen molar-refractivity contribution in [1.82, 2.24) is 10.2 Å². The van der Waals surface area contributed by atoms with Gasteiger partial charge in [0.2, 0.25) is 11.8 Å². The van der Waals surface area contributed by atoms with Gasteiger partial charge in [0.25, 0.3) is 0 Å². The van der Waals surface area contributed by atoms with E-state index in [1.807, 2.05) is 0 Å². The number of hydrogen-bond acceptors (Lipinski definition) is 4. The summed E-state index contributed by atoms with van der Waals surface area (Å²) in [6.07, 6.45) is 1.25. The van der Waals surface area contributed by atoms with E-state index in [2.05, 4.69) is 5.32 Å². The molecule has 0 bridgehead atoms. The van der Waals surface area contributed by atoms with Crippen LogP contribution in [0, 0.1) is 0 Å². The van der Waals surface area contributed by atoms with Gasteiger partial charge in [-0.1, -0.05) is 42.1 Å². The van der Waals surface area contributed by atoms with E-state index in [4.69, 9.17) is 0 Å². The molecule has 0 radical (unpaired) electrons. The zero-order chi connectivity index (χ0) is 16.3. The van der Waals surface area contributed by atoms with Crippen molar-refractivity contribution in [3.8, 4) is 0 Å². The molecule has 116 valence electrons. The first kappa shape index (κ1) is 16.1. The molecule has 1 atom stereocenters. The molecule has 1 aliphatic heterocycles. The summed E-state index contributed by atoms with van der Waals surface area (Å²) in [5, 5.41) is 12.5. The van der Waals surface area contributed by atoms with Crippen LogP contribution in [0.15, 0.2) is 41.4 Å². The zero-order valence-corrected chi connectivity index (χ0v) is 13.0. The van der Waals surface area contributed by atoms with Gasteiger partial charge < -0.3 is 15.3 Å². The second-order valence-electron chi connectivity index (χ2n) is 5.01. The van der Waals surface area contributed by atoms with E-state index in [0.29, 0.717) is 10.6 Å². The Morgan fingerprint density at radius 1 is 1.36 bits per heavy atom. The van der Waals surface area contributed by atoms with Gasteiger partial charge in [-0.3, -0.25) is 9.59 Å². The topological polar surface area (TPSA) is 86.7 Å². The number of carbonyl (C=O) groups excluding carboxylic acids is 2.